The molecule has 1 aliphatic heterocycles. The quantitative estimate of drug-likeness (QED) is 0.750. The number of pyridine rings is 1. The van der Waals surface area contributed by atoms with Gasteiger partial charge in [0.25, 0.3) is 5.56 Å². The number of hydrogen-bond donors (Lipinski definition) is 1. The third kappa shape index (κ3) is 2.30. The van der Waals surface area contributed by atoms with Crippen molar-refractivity contribution in [2.45, 2.75) is 0 Å². The first-order valence-electron chi connectivity index (χ1n) is 7.04. The van der Waals surface area contributed by atoms with Gasteiger partial charge >= 0.3 is 6.03 Å². The second-order valence-corrected chi connectivity index (χ2v) is 5.07. The van der Waals surface area contributed by atoms with Crippen molar-refractivity contribution >= 4 is 22.6 Å². The Kier molecular flexibility index (Phi) is 3.01. The number of anilines is 1. The minimum absolute atomic E-state index is 0.131. The van der Waals surface area contributed by atoms with Crippen LogP contribution in [0.3, 0.4) is 0 Å². The summed E-state index contributed by atoms with van der Waals surface area (Å²) in [7, 11) is 0. The monoisotopic (exact) mass is 308 g/mol. The molecule has 6 heteroatoms. The highest BCUT2D eigenvalue weighted by Crippen LogP contribution is 2.35. The molecule has 0 bridgehead atoms. The molecule has 0 atom stereocenters. The van der Waals surface area contributed by atoms with E-state index in [1.54, 1.807) is 42.5 Å². The fourth-order valence-corrected chi connectivity index (χ4v) is 2.54. The van der Waals surface area contributed by atoms with E-state index < -0.39 is 11.6 Å². The summed E-state index contributed by atoms with van der Waals surface area (Å²) in [4.78, 5) is 24.7. The summed E-state index contributed by atoms with van der Waals surface area (Å²) in [5, 5.41) is 3.43. The van der Waals surface area contributed by atoms with Crippen molar-refractivity contribution in [1.82, 2.24) is 4.57 Å². The molecule has 0 radical (unpaired) electrons. The van der Waals surface area contributed by atoms with Crippen LogP contribution in [0.5, 0.6) is 11.5 Å². The van der Waals surface area contributed by atoms with E-state index in [0.29, 0.717) is 22.7 Å². The number of fused-ring (bicyclic) bond motifs is 2. The molecule has 114 valence electrons. The second-order valence-electron chi connectivity index (χ2n) is 5.07. The Labute approximate surface area is 130 Å². The predicted octanol–water partition coefficient (Wildman–Crippen LogP) is 2.81. The molecular formula is C17H12N2O4. The zero-order valence-corrected chi connectivity index (χ0v) is 12.0. The fraction of sp³-hybridized carbons (Fsp3) is 0.0588. The summed E-state index contributed by atoms with van der Waals surface area (Å²) >= 11 is 0. The third-order valence-corrected chi connectivity index (χ3v) is 3.62. The van der Waals surface area contributed by atoms with Crippen LogP contribution in [-0.2, 0) is 0 Å². The molecule has 1 N–H and O–H groups in total. The molecule has 0 aliphatic carbocycles. The van der Waals surface area contributed by atoms with Crippen molar-refractivity contribution in [1.29, 1.82) is 0 Å². The van der Waals surface area contributed by atoms with Crippen molar-refractivity contribution in [2.75, 3.05) is 12.1 Å². The number of carbonyl (C=O) groups excluding carboxylic acids is 1. The molecule has 2 heterocycles. The Balaban J connectivity index is 1.84. The molecule has 0 spiro atoms. The zero-order valence-electron chi connectivity index (χ0n) is 12.0. The second kappa shape index (κ2) is 5.17. The zero-order chi connectivity index (χ0) is 15.8. The van der Waals surface area contributed by atoms with Crippen LogP contribution in [-0.4, -0.2) is 17.4 Å². The lowest BCUT2D eigenvalue weighted by atomic mass is 10.2. The normalized spacial score (nSPS) is 12.3. The molecule has 23 heavy (non-hydrogen) atoms. The summed E-state index contributed by atoms with van der Waals surface area (Å²) < 4.78 is 11.7. The Hall–Kier alpha value is -3.28. The first-order valence-corrected chi connectivity index (χ1v) is 7.04. The van der Waals surface area contributed by atoms with Gasteiger partial charge in [-0.2, -0.15) is 0 Å². The molecule has 0 saturated carbocycles. The molecule has 6 nitrogen and oxygen atoms in total. The van der Waals surface area contributed by atoms with Crippen molar-refractivity contribution in [3.8, 4) is 11.5 Å². The number of ether oxygens (including phenoxy) is 2. The number of amides is 1. The number of aromatic nitrogens is 1. The number of nitrogens with one attached hydrogen (secondary N) is 1. The number of hydrogen-bond acceptors (Lipinski definition) is 4. The highest BCUT2D eigenvalue weighted by molar-refractivity contribution is 5.98. The van der Waals surface area contributed by atoms with Crippen molar-refractivity contribution in [3.63, 3.8) is 0 Å². The van der Waals surface area contributed by atoms with Crippen LogP contribution >= 0.6 is 0 Å². The number of para-hydroxylation sites is 1. The molecular weight excluding hydrogens is 296 g/mol. The number of carbonyl (C=O) groups is 1. The maximum atomic E-state index is 12.5. The maximum Gasteiger partial charge on any atom is 0.333 e. The smallest absolute Gasteiger partial charge is 0.333 e. The van der Waals surface area contributed by atoms with E-state index in [4.69, 9.17) is 9.47 Å². The van der Waals surface area contributed by atoms with Gasteiger partial charge in [0.05, 0.1) is 5.52 Å². The number of benzene rings is 2. The minimum atomic E-state index is -0.523. The highest BCUT2D eigenvalue weighted by Gasteiger charge is 2.18. The molecule has 0 saturated heterocycles. The average Bonchev–Trinajstić information content (AvgIpc) is 3.01. The lowest BCUT2D eigenvalue weighted by Crippen LogP contribution is -2.30. The first-order chi connectivity index (χ1) is 11.2. The van der Waals surface area contributed by atoms with Gasteiger partial charge in [-0.15, -0.1) is 0 Å². The lowest BCUT2D eigenvalue weighted by molar-refractivity contribution is 0.174. The molecule has 0 fully saturated rings. The fourth-order valence-electron chi connectivity index (χ4n) is 2.54. The number of nitrogens with zero attached hydrogens (tertiary/aromatic N) is 1. The van der Waals surface area contributed by atoms with Crippen LogP contribution in [0.15, 0.2) is 59.4 Å². The molecule has 0 unspecified atom stereocenters. The van der Waals surface area contributed by atoms with Crippen LogP contribution in [0.2, 0.25) is 0 Å². The van der Waals surface area contributed by atoms with Gasteiger partial charge in [0.1, 0.15) is 0 Å². The van der Waals surface area contributed by atoms with E-state index >= 15 is 0 Å². The standard InChI is InChI=1S/C17H12N2O4/c20-16-7-6-11-8-14-15(23-10-22-14)9-13(11)19(16)17(21)18-12-4-2-1-3-5-12/h1-9H,10H2,(H,18,21). The van der Waals surface area contributed by atoms with E-state index in [0.717, 1.165) is 9.95 Å². The van der Waals surface area contributed by atoms with E-state index in [2.05, 4.69) is 5.32 Å². The molecule has 2 aromatic carbocycles. The largest absolute Gasteiger partial charge is 0.454 e. The summed E-state index contributed by atoms with van der Waals surface area (Å²) in [5.74, 6) is 1.12. The van der Waals surface area contributed by atoms with Crippen molar-refractivity contribution in [2.24, 2.45) is 0 Å². The van der Waals surface area contributed by atoms with Crippen LogP contribution < -0.4 is 20.3 Å². The predicted molar refractivity (Wildman–Crippen MR) is 85.2 cm³/mol. The average molecular weight is 308 g/mol. The molecule has 1 amide bonds. The van der Waals surface area contributed by atoms with E-state index in [9.17, 15) is 9.59 Å². The molecule has 1 aliphatic rings. The van der Waals surface area contributed by atoms with Gasteiger partial charge in [-0.1, -0.05) is 18.2 Å². The molecule has 1 aromatic heterocycles. The van der Waals surface area contributed by atoms with Crippen LogP contribution in [0.25, 0.3) is 10.9 Å². The van der Waals surface area contributed by atoms with Crippen LogP contribution in [0.4, 0.5) is 10.5 Å². The van der Waals surface area contributed by atoms with E-state index in [1.165, 1.54) is 6.07 Å². The maximum absolute atomic E-state index is 12.5. The van der Waals surface area contributed by atoms with Gasteiger partial charge in [-0.05, 0) is 24.3 Å². The molecule has 4 rings (SSSR count). The minimum Gasteiger partial charge on any atom is -0.454 e. The topological polar surface area (TPSA) is 69.6 Å². The van der Waals surface area contributed by atoms with Crippen LogP contribution in [0.1, 0.15) is 0 Å². The van der Waals surface area contributed by atoms with E-state index in [1.807, 2.05) is 6.07 Å². The van der Waals surface area contributed by atoms with Crippen molar-refractivity contribution < 1.29 is 14.3 Å². The Morgan fingerprint density at radius 1 is 1.00 bits per heavy atom. The van der Waals surface area contributed by atoms with Gasteiger partial charge in [0.15, 0.2) is 11.5 Å². The summed E-state index contributed by atoms with van der Waals surface area (Å²) in [6.45, 7) is 0.131. The van der Waals surface area contributed by atoms with Gasteiger partial charge in [0.2, 0.25) is 6.79 Å². The summed E-state index contributed by atoms with van der Waals surface area (Å²) in [5.41, 5.74) is 0.669. The Morgan fingerprint density at radius 2 is 1.74 bits per heavy atom. The van der Waals surface area contributed by atoms with Crippen molar-refractivity contribution in [3.05, 3.63) is 65.0 Å². The summed E-state index contributed by atoms with van der Waals surface area (Å²) in [6.07, 6.45) is 0. The van der Waals surface area contributed by atoms with E-state index in [-0.39, 0.29) is 6.79 Å². The SMILES string of the molecule is O=C(Nc1ccccc1)n1c(=O)ccc2cc3c(cc21)OCO3. The Morgan fingerprint density at radius 3 is 2.52 bits per heavy atom. The van der Waals surface area contributed by atoms with Gasteiger partial charge in [0, 0.05) is 23.2 Å². The van der Waals surface area contributed by atoms with Gasteiger partial charge in [-0.25, -0.2) is 9.36 Å². The summed E-state index contributed by atoms with van der Waals surface area (Å²) in [6, 6.07) is 14.9. The third-order valence-electron chi connectivity index (χ3n) is 3.62. The lowest BCUT2D eigenvalue weighted by Gasteiger charge is -2.11. The highest BCUT2D eigenvalue weighted by atomic mass is 16.7. The van der Waals surface area contributed by atoms with Crippen LogP contribution in [0, 0.1) is 0 Å². The Bertz CT molecular complexity index is 963. The van der Waals surface area contributed by atoms with Gasteiger partial charge < -0.3 is 14.8 Å². The van der Waals surface area contributed by atoms with Gasteiger partial charge in [-0.3, -0.25) is 4.79 Å². The molecule has 3 aromatic rings. The number of rotatable bonds is 1. The first kappa shape index (κ1) is 13.4.